The molecule has 0 amide bonds. The van der Waals surface area contributed by atoms with Gasteiger partial charge in [-0.25, -0.2) is 0 Å². The second-order valence-electron chi connectivity index (χ2n) is 15.6. The molecule has 0 aromatic carbocycles. The molecule has 1 unspecified atom stereocenters. The fourth-order valence-electron chi connectivity index (χ4n) is 6.20. The molecule has 0 aromatic heterocycles. The van der Waals surface area contributed by atoms with Crippen LogP contribution < -0.4 is 0 Å². The van der Waals surface area contributed by atoms with Gasteiger partial charge >= 0.3 is 11.9 Å². The van der Waals surface area contributed by atoms with Crippen LogP contribution in [-0.2, 0) is 23.8 Å². The first kappa shape index (κ1) is 56.6. The van der Waals surface area contributed by atoms with Gasteiger partial charge in [0.05, 0.1) is 6.61 Å². The molecular weight excluding hydrogens is 741 g/mol. The predicted octanol–water partition coefficient (Wildman–Crippen LogP) is 16.4. The van der Waals surface area contributed by atoms with E-state index in [1.54, 1.807) is 0 Å². The Morgan fingerprint density at radius 3 is 1.27 bits per heavy atom. The van der Waals surface area contributed by atoms with Crippen LogP contribution in [0.2, 0.25) is 0 Å². The molecule has 340 valence electrons. The van der Waals surface area contributed by atoms with Gasteiger partial charge in [0.2, 0.25) is 0 Å². The maximum atomic E-state index is 12.8. The average Bonchev–Trinajstić information content (AvgIpc) is 3.25. The molecule has 60 heavy (non-hydrogen) atoms. The Kier molecular flexibility index (Phi) is 47.1. The molecule has 0 N–H and O–H groups in total. The summed E-state index contributed by atoms with van der Waals surface area (Å²) in [7, 11) is 0. The third-order valence-corrected chi connectivity index (χ3v) is 9.77. The van der Waals surface area contributed by atoms with Crippen molar-refractivity contribution in [1.29, 1.82) is 0 Å². The minimum atomic E-state index is -0.581. The van der Waals surface area contributed by atoms with E-state index in [4.69, 9.17) is 14.2 Å². The van der Waals surface area contributed by atoms with E-state index in [0.29, 0.717) is 19.4 Å². The van der Waals surface area contributed by atoms with Crippen LogP contribution in [0.25, 0.3) is 0 Å². The van der Waals surface area contributed by atoms with E-state index in [1.165, 1.54) is 51.4 Å². The minimum Gasteiger partial charge on any atom is -0.462 e. The number of rotatable bonds is 43. The maximum absolute atomic E-state index is 12.8. The highest BCUT2D eigenvalue weighted by atomic mass is 16.6. The number of esters is 2. The molecule has 5 heteroatoms. The van der Waals surface area contributed by atoms with Crippen molar-refractivity contribution >= 4 is 11.9 Å². The van der Waals surface area contributed by atoms with E-state index in [9.17, 15) is 9.59 Å². The molecular formula is C55H90O5. The van der Waals surface area contributed by atoms with Gasteiger partial charge in [-0.2, -0.15) is 0 Å². The highest BCUT2D eigenvalue weighted by Crippen LogP contribution is 2.12. The summed E-state index contributed by atoms with van der Waals surface area (Å²) in [4.78, 5) is 25.3. The maximum Gasteiger partial charge on any atom is 0.306 e. The molecule has 0 aliphatic carbocycles. The van der Waals surface area contributed by atoms with Crippen LogP contribution >= 0.6 is 0 Å². The largest absolute Gasteiger partial charge is 0.462 e. The summed E-state index contributed by atoms with van der Waals surface area (Å²) in [6, 6.07) is 0. The average molecular weight is 831 g/mol. The van der Waals surface area contributed by atoms with Crippen molar-refractivity contribution in [2.45, 2.75) is 207 Å². The number of allylic oxidation sites excluding steroid dienone is 18. The molecule has 0 fully saturated rings. The highest BCUT2D eigenvalue weighted by Gasteiger charge is 2.17. The summed E-state index contributed by atoms with van der Waals surface area (Å²) in [5.74, 6) is -0.495. The van der Waals surface area contributed by atoms with E-state index >= 15 is 0 Å². The van der Waals surface area contributed by atoms with Crippen LogP contribution in [0.15, 0.2) is 109 Å². The number of hydrogen-bond acceptors (Lipinski definition) is 5. The molecule has 1 atom stereocenters. The fourth-order valence-corrected chi connectivity index (χ4v) is 6.20. The van der Waals surface area contributed by atoms with Crippen LogP contribution in [0.1, 0.15) is 201 Å². The first-order chi connectivity index (χ1) is 29.6. The molecule has 0 saturated carbocycles. The van der Waals surface area contributed by atoms with Crippen molar-refractivity contribution < 1.29 is 23.8 Å². The lowest BCUT2D eigenvalue weighted by molar-refractivity contribution is -0.163. The van der Waals surface area contributed by atoms with E-state index < -0.39 is 6.10 Å². The van der Waals surface area contributed by atoms with E-state index in [2.05, 4.69) is 130 Å². The molecule has 5 nitrogen and oxygen atoms in total. The van der Waals surface area contributed by atoms with Gasteiger partial charge < -0.3 is 14.2 Å². The Morgan fingerprint density at radius 1 is 0.383 bits per heavy atom. The third-order valence-electron chi connectivity index (χ3n) is 9.77. The first-order valence-corrected chi connectivity index (χ1v) is 24.4. The molecule has 0 rings (SSSR count). The zero-order valence-corrected chi connectivity index (χ0v) is 38.9. The normalized spacial score (nSPS) is 13.2. The molecule has 0 aliphatic rings. The van der Waals surface area contributed by atoms with Crippen molar-refractivity contribution in [3.63, 3.8) is 0 Å². The van der Waals surface area contributed by atoms with Crippen LogP contribution in [0.4, 0.5) is 0 Å². The Morgan fingerprint density at radius 2 is 0.767 bits per heavy atom. The number of ether oxygens (including phenoxy) is 3. The van der Waals surface area contributed by atoms with Crippen LogP contribution in [0, 0.1) is 0 Å². The van der Waals surface area contributed by atoms with Gasteiger partial charge in [-0.1, -0.05) is 182 Å². The van der Waals surface area contributed by atoms with Crippen molar-refractivity contribution in [1.82, 2.24) is 0 Å². The molecule has 0 aromatic rings. The topological polar surface area (TPSA) is 61.8 Å². The second kappa shape index (κ2) is 49.9. The standard InChI is InChI=1S/C55H90O5/c1-4-7-10-13-16-19-22-25-27-28-29-31-33-36-39-42-45-48-54(56)59-52-53(51-58-50-47-44-41-38-35-32-26-23-20-17-14-11-8-5-2)60-55(57)49-46-43-40-37-34-30-24-21-18-15-12-9-6-3/h7-8,10-11,16-17,19-21,24-27,29,31-32,36,39,53H,4-6,9,12-15,18,22-23,28,30,33-35,37-38,40-52H2,1-3H3/b10-7-,11-8-,19-16-,20-17-,24-21-,27-25-,31-29-,32-26-,39-36-. The number of hydrogen-bond donors (Lipinski definition) is 0. The minimum absolute atomic E-state index is 0.0370. The van der Waals surface area contributed by atoms with Crippen LogP contribution in [0.3, 0.4) is 0 Å². The quantitative estimate of drug-likeness (QED) is 0.0348. The molecule has 0 bridgehead atoms. The van der Waals surface area contributed by atoms with E-state index in [0.717, 1.165) is 116 Å². The lowest BCUT2D eigenvalue weighted by Crippen LogP contribution is -2.30. The van der Waals surface area contributed by atoms with Crippen molar-refractivity contribution in [3.05, 3.63) is 109 Å². The molecule has 0 heterocycles. The third kappa shape index (κ3) is 47.2. The van der Waals surface area contributed by atoms with Gasteiger partial charge in [0.1, 0.15) is 6.61 Å². The SMILES string of the molecule is CC/C=C\C/C=C\C/C=C\C/C=C\C/C=C\CCCC(=O)OCC(COCCCCCC/C=C\C/C=C\C/C=C\CC)OC(=O)CCCCCCC/C=C\CCCCCC. The monoisotopic (exact) mass is 831 g/mol. The summed E-state index contributed by atoms with van der Waals surface area (Å²) in [6.07, 6.45) is 68.1. The highest BCUT2D eigenvalue weighted by molar-refractivity contribution is 5.70. The van der Waals surface area contributed by atoms with Gasteiger partial charge in [0.25, 0.3) is 0 Å². The summed E-state index contributed by atoms with van der Waals surface area (Å²) < 4.78 is 17.3. The summed E-state index contributed by atoms with van der Waals surface area (Å²) >= 11 is 0. The Balaban J connectivity index is 4.43. The fraction of sp³-hybridized carbons (Fsp3) is 0.636. The van der Waals surface area contributed by atoms with Gasteiger partial charge in [0, 0.05) is 19.4 Å². The van der Waals surface area contributed by atoms with Gasteiger partial charge in [0.15, 0.2) is 6.10 Å². The van der Waals surface area contributed by atoms with Gasteiger partial charge in [-0.3, -0.25) is 9.59 Å². The lowest BCUT2D eigenvalue weighted by Gasteiger charge is -2.18. The van der Waals surface area contributed by atoms with E-state index in [1.807, 2.05) is 0 Å². The molecule has 0 saturated heterocycles. The number of unbranched alkanes of at least 4 members (excludes halogenated alkanes) is 14. The van der Waals surface area contributed by atoms with E-state index in [-0.39, 0.29) is 25.2 Å². The van der Waals surface area contributed by atoms with Crippen molar-refractivity contribution in [3.8, 4) is 0 Å². The molecule has 0 spiro atoms. The predicted molar refractivity (Wildman–Crippen MR) is 260 cm³/mol. The van der Waals surface area contributed by atoms with Gasteiger partial charge in [-0.15, -0.1) is 0 Å². The smallest absolute Gasteiger partial charge is 0.306 e. The molecule has 0 radical (unpaired) electrons. The van der Waals surface area contributed by atoms with Gasteiger partial charge in [-0.05, 0) is 116 Å². The van der Waals surface area contributed by atoms with Crippen molar-refractivity contribution in [2.75, 3.05) is 19.8 Å². The Bertz CT molecular complexity index is 1210. The second-order valence-corrected chi connectivity index (χ2v) is 15.6. The van der Waals surface area contributed by atoms with Crippen LogP contribution in [0.5, 0.6) is 0 Å². The number of carbonyl (C=O) groups is 2. The Hall–Kier alpha value is -3.44. The zero-order chi connectivity index (χ0) is 43.5. The van der Waals surface area contributed by atoms with Crippen molar-refractivity contribution in [2.24, 2.45) is 0 Å². The first-order valence-electron chi connectivity index (χ1n) is 24.4. The lowest BCUT2D eigenvalue weighted by atomic mass is 10.1. The summed E-state index contributed by atoms with van der Waals surface area (Å²) in [5, 5.41) is 0. The zero-order valence-electron chi connectivity index (χ0n) is 38.9. The summed E-state index contributed by atoms with van der Waals surface area (Å²) in [6.45, 7) is 7.45. The van der Waals surface area contributed by atoms with Crippen LogP contribution in [-0.4, -0.2) is 37.9 Å². The Labute approximate surface area is 370 Å². The molecule has 0 aliphatic heterocycles. The summed E-state index contributed by atoms with van der Waals surface area (Å²) in [5.41, 5.74) is 0. The number of carbonyl (C=O) groups excluding carboxylic acids is 2.